The van der Waals surface area contributed by atoms with E-state index in [0.29, 0.717) is 5.56 Å². The number of rotatable bonds is 2. The molecule has 0 aliphatic rings. The van der Waals surface area contributed by atoms with Crippen LogP contribution in [0.5, 0.6) is 0 Å². The smallest absolute Gasteiger partial charge is 0.376 e. The Morgan fingerprint density at radius 1 is 1.00 bits per heavy atom. The highest BCUT2D eigenvalue weighted by atomic mass is 32.2. The Bertz CT molecular complexity index is 679. The van der Waals surface area contributed by atoms with Gasteiger partial charge in [-0.15, -0.1) is 11.8 Å². The highest BCUT2D eigenvalue weighted by Gasteiger charge is 2.30. The molecule has 114 valence electrons. The van der Waals surface area contributed by atoms with Gasteiger partial charge in [0.15, 0.2) is 0 Å². The summed E-state index contributed by atoms with van der Waals surface area (Å²) in [6.07, 6.45) is -3.54. The average molecular weight is 322 g/mol. The predicted molar refractivity (Wildman–Crippen MR) is 81.5 cm³/mol. The van der Waals surface area contributed by atoms with Gasteiger partial charge < -0.3 is 5.11 Å². The summed E-state index contributed by atoms with van der Waals surface area (Å²) in [6, 6.07) is 11.8. The first-order valence-electron chi connectivity index (χ1n) is 6.41. The maximum atomic E-state index is 12.5. The molecule has 2 rings (SSSR count). The second-order valence-corrected chi connectivity index (χ2v) is 5.40. The first kappa shape index (κ1) is 16.5. The molecular weight excluding hydrogens is 309 g/mol. The fraction of sp³-hybridized carbons (Fsp3) is 0.176. The maximum absolute atomic E-state index is 12.5. The van der Waals surface area contributed by atoms with Crippen molar-refractivity contribution in [2.24, 2.45) is 0 Å². The van der Waals surface area contributed by atoms with Gasteiger partial charge in [0.1, 0.15) is 6.10 Å². The summed E-state index contributed by atoms with van der Waals surface area (Å²) in [6.45, 7) is 0. The molecule has 2 aromatic rings. The molecule has 0 unspecified atom stereocenters. The van der Waals surface area contributed by atoms with Crippen LogP contribution in [0, 0.1) is 11.8 Å². The topological polar surface area (TPSA) is 20.2 Å². The predicted octanol–water partition coefficient (Wildman–Crippen LogP) is 4.51. The van der Waals surface area contributed by atoms with Gasteiger partial charge >= 0.3 is 6.18 Å². The van der Waals surface area contributed by atoms with Crippen LogP contribution in [-0.2, 0) is 6.18 Å². The fourth-order valence-corrected chi connectivity index (χ4v) is 2.17. The lowest BCUT2D eigenvalue weighted by atomic mass is 10.1. The van der Waals surface area contributed by atoms with Gasteiger partial charge in [-0.2, -0.15) is 13.2 Å². The van der Waals surface area contributed by atoms with Gasteiger partial charge in [0.05, 0.1) is 5.56 Å². The van der Waals surface area contributed by atoms with Crippen LogP contribution in [0.3, 0.4) is 0 Å². The van der Waals surface area contributed by atoms with E-state index in [1.807, 2.05) is 30.5 Å². The van der Waals surface area contributed by atoms with Crippen LogP contribution >= 0.6 is 11.8 Å². The Labute approximate surface area is 131 Å². The minimum Gasteiger partial charge on any atom is -0.376 e. The van der Waals surface area contributed by atoms with Crippen molar-refractivity contribution in [2.75, 3.05) is 6.26 Å². The van der Waals surface area contributed by atoms with Crippen LogP contribution in [0.1, 0.15) is 22.8 Å². The molecule has 0 aromatic heterocycles. The first-order chi connectivity index (χ1) is 10.4. The van der Waals surface area contributed by atoms with Gasteiger partial charge in [-0.1, -0.05) is 24.0 Å². The molecular formula is C17H13F3OS. The third-order valence-corrected chi connectivity index (χ3v) is 3.74. The van der Waals surface area contributed by atoms with Crippen LogP contribution < -0.4 is 0 Å². The summed E-state index contributed by atoms with van der Waals surface area (Å²) in [4.78, 5) is 1.11. The third kappa shape index (κ3) is 4.30. The van der Waals surface area contributed by atoms with Crippen LogP contribution in [-0.4, -0.2) is 11.4 Å². The molecule has 2 aromatic carbocycles. The second-order valence-electron chi connectivity index (χ2n) is 4.52. The maximum Gasteiger partial charge on any atom is 0.416 e. The minimum absolute atomic E-state index is 0.334. The largest absolute Gasteiger partial charge is 0.416 e. The molecule has 0 fully saturated rings. The summed E-state index contributed by atoms with van der Waals surface area (Å²) >= 11 is 1.61. The fourth-order valence-electron chi connectivity index (χ4n) is 1.76. The Balaban J connectivity index is 2.12. The minimum atomic E-state index is -4.38. The van der Waals surface area contributed by atoms with Crippen molar-refractivity contribution in [3.63, 3.8) is 0 Å². The number of alkyl halides is 3. The Hall–Kier alpha value is -1.90. The standard InChI is InChI=1S/C17H13F3OS/c1-22-15-9-2-12(3-10-15)4-11-16(21)13-5-7-14(8-6-13)17(18,19)20/h2-3,5-10,16,21H,1H3/t16-/m1/s1. The van der Waals surface area contributed by atoms with Gasteiger partial charge in [0.25, 0.3) is 0 Å². The van der Waals surface area contributed by atoms with Crippen molar-refractivity contribution in [3.05, 3.63) is 65.2 Å². The number of benzene rings is 2. The van der Waals surface area contributed by atoms with Crippen LogP contribution in [0.15, 0.2) is 53.4 Å². The lowest BCUT2D eigenvalue weighted by molar-refractivity contribution is -0.137. The lowest BCUT2D eigenvalue weighted by Crippen LogP contribution is -2.05. The number of thioether (sulfide) groups is 1. The van der Waals surface area contributed by atoms with E-state index in [0.717, 1.165) is 22.6 Å². The molecule has 0 saturated heterocycles. The third-order valence-electron chi connectivity index (χ3n) is 3.00. The summed E-state index contributed by atoms with van der Waals surface area (Å²) in [7, 11) is 0. The molecule has 22 heavy (non-hydrogen) atoms. The zero-order chi connectivity index (χ0) is 16.2. The van der Waals surface area contributed by atoms with Crippen LogP contribution in [0.25, 0.3) is 0 Å². The van der Waals surface area contributed by atoms with E-state index in [2.05, 4.69) is 11.8 Å². The van der Waals surface area contributed by atoms with Gasteiger partial charge in [0.2, 0.25) is 0 Å². The molecule has 1 nitrogen and oxygen atoms in total. The molecule has 0 aliphatic carbocycles. The summed E-state index contributed by atoms with van der Waals surface area (Å²) in [5, 5.41) is 9.92. The highest BCUT2D eigenvalue weighted by Crippen LogP contribution is 2.29. The van der Waals surface area contributed by atoms with E-state index in [4.69, 9.17) is 0 Å². The monoisotopic (exact) mass is 322 g/mol. The number of hydrogen-bond acceptors (Lipinski definition) is 2. The van der Waals surface area contributed by atoms with E-state index >= 15 is 0 Å². The Morgan fingerprint density at radius 2 is 1.59 bits per heavy atom. The number of aliphatic hydroxyl groups is 1. The van der Waals surface area contributed by atoms with Crippen molar-refractivity contribution in [1.29, 1.82) is 0 Å². The first-order valence-corrected chi connectivity index (χ1v) is 7.63. The second kappa shape index (κ2) is 6.91. The molecule has 0 spiro atoms. The molecule has 0 saturated carbocycles. The zero-order valence-corrected chi connectivity index (χ0v) is 12.5. The van der Waals surface area contributed by atoms with Crippen LogP contribution in [0.2, 0.25) is 0 Å². The lowest BCUT2D eigenvalue weighted by Gasteiger charge is -2.08. The number of hydrogen-bond donors (Lipinski definition) is 1. The van der Waals surface area contributed by atoms with Crippen molar-refractivity contribution in [1.82, 2.24) is 0 Å². The summed E-state index contributed by atoms with van der Waals surface area (Å²) in [5.41, 5.74) is 0.328. The van der Waals surface area contributed by atoms with Crippen molar-refractivity contribution in [3.8, 4) is 11.8 Å². The zero-order valence-electron chi connectivity index (χ0n) is 11.7. The van der Waals surface area contributed by atoms with Gasteiger partial charge in [0, 0.05) is 10.5 Å². The molecule has 5 heteroatoms. The quantitative estimate of drug-likeness (QED) is 0.648. The summed E-state index contributed by atoms with van der Waals surface area (Å²) in [5.74, 6) is 5.44. The highest BCUT2D eigenvalue weighted by molar-refractivity contribution is 7.98. The molecule has 0 radical (unpaired) electrons. The van der Waals surface area contributed by atoms with Crippen molar-refractivity contribution < 1.29 is 18.3 Å². The van der Waals surface area contributed by atoms with Gasteiger partial charge in [-0.05, 0) is 48.2 Å². The average Bonchev–Trinajstić information content (AvgIpc) is 2.52. The number of halogens is 3. The van der Waals surface area contributed by atoms with Gasteiger partial charge in [-0.3, -0.25) is 0 Å². The summed E-state index contributed by atoms with van der Waals surface area (Å²) < 4.78 is 37.4. The molecule has 0 aliphatic heterocycles. The van der Waals surface area contributed by atoms with E-state index in [1.54, 1.807) is 11.8 Å². The molecule has 0 bridgehead atoms. The number of aliphatic hydroxyl groups excluding tert-OH is 1. The van der Waals surface area contributed by atoms with Gasteiger partial charge in [-0.25, -0.2) is 0 Å². The molecule has 1 atom stereocenters. The molecule has 1 N–H and O–H groups in total. The van der Waals surface area contributed by atoms with Crippen LogP contribution in [0.4, 0.5) is 13.2 Å². The van der Waals surface area contributed by atoms with E-state index in [1.165, 1.54) is 12.1 Å². The molecule has 0 heterocycles. The Kier molecular flexibility index (Phi) is 5.17. The van der Waals surface area contributed by atoms with Crippen molar-refractivity contribution in [2.45, 2.75) is 17.2 Å². The van der Waals surface area contributed by atoms with E-state index in [9.17, 15) is 18.3 Å². The normalized spacial score (nSPS) is 12.4. The Morgan fingerprint density at radius 3 is 2.09 bits per heavy atom. The van der Waals surface area contributed by atoms with E-state index in [-0.39, 0.29) is 0 Å². The SMILES string of the molecule is CSc1ccc(C#C[C@@H](O)c2ccc(C(F)(F)F)cc2)cc1. The van der Waals surface area contributed by atoms with E-state index < -0.39 is 17.8 Å². The molecule has 0 amide bonds. The van der Waals surface area contributed by atoms with Crippen molar-refractivity contribution >= 4 is 11.8 Å².